The minimum atomic E-state index is -0.292. The van der Waals surface area contributed by atoms with Crippen LogP contribution < -0.4 is 16.0 Å². The number of amides is 1. The molecule has 3 aromatic rings. The summed E-state index contributed by atoms with van der Waals surface area (Å²) in [5.74, 6) is -0.420. The monoisotopic (exact) mass is 378 g/mol. The third kappa shape index (κ3) is 3.43. The smallest absolute Gasteiger partial charge is 0.253 e. The Morgan fingerprint density at radius 3 is 2.82 bits per heavy atom. The van der Waals surface area contributed by atoms with Crippen LogP contribution in [0.3, 0.4) is 0 Å². The number of pyridine rings is 1. The van der Waals surface area contributed by atoms with Crippen LogP contribution in [0.25, 0.3) is 10.8 Å². The zero-order chi connectivity index (χ0) is 19.7. The van der Waals surface area contributed by atoms with Crippen molar-refractivity contribution in [3.63, 3.8) is 0 Å². The van der Waals surface area contributed by atoms with E-state index in [1.165, 1.54) is 6.07 Å². The zero-order valence-corrected chi connectivity index (χ0v) is 15.7. The van der Waals surface area contributed by atoms with Crippen molar-refractivity contribution in [2.75, 3.05) is 18.0 Å². The minimum absolute atomic E-state index is 0.171. The predicted molar refractivity (Wildman–Crippen MR) is 109 cm³/mol. The summed E-state index contributed by atoms with van der Waals surface area (Å²) in [5, 5.41) is 4.84. The van der Waals surface area contributed by atoms with Crippen molar-refractivity contribution in [2.45, 2.75) is 25.4 Å². The zero-order valence-electron chi connectivity index (χ0n) is 15.7. The molecule has 5 nitrogen and oxygen atoms in total. The van der Waals surface area contributed by atoms with Gasteiger partial charge in [-0.25, -0.2) is 4.39 Å². The van der Waals surface area contributed by atoms with Crippen LogP contribution in [-0.2, 0) is 0 Å². The number of benzene rings is 2. The molecule has 4 rings (SSSR count). The quantitative estimate of drug-likeness (QED) is 0.735. The van der Waals surface area contributed by atoms with Gasteiger partial charge in [0.05, 0.1) is 11.3 Å². The second kappa shape index (κ2) is 7.56. The first kappa shape index (κ1) is 18.4. The fourth-order valence-corrected chi connectivity index (χ4v) is 3.93. The summed E-state index contributed by atoms with van der Waals surface area (Å²) < 4.78 is 14.3. The van der Waals surface area contributed by atoms with Crippen molar-refractivity contribution in [1.29, 1.82) is 0 Å². The second-order valence-corrected chi connectivity index (χ2v) is 7.29. The molecule has 2 atom stereocenters. The SMILES string of the molecule is Cc1cccc(F)c1N1CCC(NC(=O)c2cncc3ccccc23)C(N)C1. The highest BCUT2D eigenvalue weighted by Crippen LogP contribution is 2.27. The number of carbonyl (C=O) groups excluding carboxylic acids is 1. The summed E-state index contributed by atoms with van der Waals surface area (Å²) in [5.41, 5.74) is 8.37. The maximum absolute atomic E-state index is 14.3. The fourth-order valence-electron chi connectivity index (χ4n) is 3.93. The fraction of sp³-hybridized carbons (Fsp3) is 0.273. The van der Waals surface area contributed by atoms with E-state index in [9.17, 15) is 9.18 Å². The Bertz CT molecular complexity index is 997. The third-order valence-electron chi connectivity index (χ3n) is 5.39. The molecule has 1 amide bonds. The standard InChI is InChI=1S/C22H23FN4O/c1-14-5-4-8-18(23)21(14)27-10-9-20(19(24)13-27)26-22(28)17-12-25-11-15-6-2-3-7-16(15)17/h2-8,11-12,19-20H,9-10,13,24H2,1H3,(H,26,28). The maximum Gasteiger partial charge on any atom is 0.253 e. The van der Waals surface area contributed by atoms with Crippen LogP contribution in [-0.4, -0.2) is 36.1 Å². The lowest BCUT2D eigenvalue weighted by molar-refractivity contribution is 0.0927. The van der Waals surface area contributed by atoms with Crippen LogP contribution in [0, 0.1) is 12.7 Å². The normalized spacial score (nSPS) is 19.6. The number of hydrogen-bond donors (Lipinski definition) is 2. The number of carbonyl (C=O) groups is 1. The number of fused-ring (bicyclic) bond motifs is 1. The van der Waals surface area contributed by atoms with Crippen molar-refractivity contribution in [3.05, 3.63) is 71.8 Å². The molecule has 1 fully saturated rings. The van der Waals surface area contributed by atoms with Crippen molar-refractivity contribution in [2.24, 2.45) is 5.73 Å². The van der Waals surface area contributed by atoms with E-state index < -0.39 is 0 Å². The molecule has 0 spiro atoms. The van der Waals surface area contributed by atoms with Gasteiger partial charge >= 0.3 is 0 Å². The number of anilines is 1. The first-order valence-electron chi connectivity index (χ1n) is 9.44. The number of nitrogens with two attached hydrogens (primary N) is 1. The summed E-state index contributed by atoms with van der Waals surface area (Å²) in [6.45, 7) is 3.01. The van der Waals surface area contributed by atoms with Gasteiger partial charge in [-0.3, -0.25) is 9.78 Å². The van der Waals surface area contributed by atoms with Gasteiger partial charge in [0.25, 0.3) is 5.91 Å². The molecule has 2 unspecified atom stereocenters. The Kier molecular flexibility index (Phi) is 4.96. The summed E-state index contributed by atoms with van der Waals surface area (Å²) in [7, 11) is 0. The van der Waals surface area contributed by atoms with Gasteiger partial charge in [0.1, 0.15) is 5.82 Å². The van der Waals surface area contributed by atoms with Gasteiger partial charge in [-0.15, -0.1) is 0 Å². The summed E-state index contributed by atoms with van der Waals surface area (Å²) in [4.78, 5) is 19.0. The Balaban J connectivity index is 1.49. The van der Waals surface area contributed by atoms with Crippen molar-refractivity contribution >= 4 is 22.4 Å². The van der Waals surface area contributed by atoms with Crippen LogP contribution in [0.4, 0.5) is 10.1 Å². The van der Waals surface area contributed by atoms with E-state index in [-0.39, 0.29) is 23.8 Å². The molecule has 1 aliphatic rings. The minimum Gasteiger partial charge on any atom is -0.367 e. The third-order valence-corrected chi connectivity index (χ3v) is 5.39. The second-order valence-electron chi connectivity index (χ2n) is 7.29. The lowest BCUT2D eigenvalue weighted by Gasteiger charge is -2.39. The summed E-state index contributed by atoms with van der Waals surface area (Å²) in [6.07, 6.45) is 3.98. The molecule has 6 heteroatoms. The van der Waals surface area contributed by atoms with Gasteiger partial charge < -0.3 is 16.0 Å². The highest BCUT2D eigenvalue weighted by Gasteiger charge is 2.30. The van der Waals surface area contributed by atoms with E-state index in [1.54, 1.807) is 18.5 Å². The highest BCUT2D eigenvalue weighted by atomic mass is 19.1. The lowest BCUT2D eigenvalue weighted by atomic mass is 9.97. The highest BCUT2D eigenvalue weighted by molar-refractivity contribution is 6.06. The Morgan fingerprint density at radius 2 is 2.04 bits per heavy atom. The number of para-hydroxylation sites is 1. The molecule has 144 valence electrons. The number of rotatable bonds is 3. The maximum atomic E-state index is 14.3. The van der Waals surface area contributed by atoms with Crippen molar-refractivity contribution < 1.29 is 9.18 Å². The van der Waals surface area contributed by atoms with Gasteiger partial charge in [-0.2, -0.15) is 0 Å². The number of aryl methyl sites for hydroxylation is 1. The van der Waals surface area contributed by atoms with E-state index in [0.717, 1.165) is 16.3 Å². The molecule has 0 saturated carbocycles. The molecule has 0 bridgehead atoms. The van der Waals surface area contributed by atoms with Gasteiger partial charge in [0.15, 0.2) is 0 Å². The summed E-state index contributed by atoms with van der Waals surface area (Å²) in [6, 6.07) is 12.3. The van der Waals surface area contributed by atoms with E-state index in [1.807, 2.05) is 42.2 Å². The molecule has 3 N–H and O–H groups in total. The van der Waals surface area contributed by atoms with Gasteiger partial charge in [-0.1, -0.05) is 36.4 Å². The van der Waals surface area contributed by atoms with Crippen LogP contribution in [0.1, 0.15) is 22.3 Å². The Labute approximate surface area is 163 Å². The first-order chi connectivity index (χ1) is 13.5. The molecular weight excluding hydrogens is 355 g/mol. The molecule has 28 heavy (non-hydrogen) atoms. The number of aromatic nitrogens is 1. The van der Waals surface area contributed by atoms with E-state index >= 15 is 0 Å². The molecule has 0 radical (unpaired) electrons. The molecule has 1 aromatic heterocycles. The number of nitrogens with one attached hydrogen (secondary N) is 1. The number of halogens is 1. The van der Waals surface area contributed by atoms with Crippen LogP contribution in [0.5, 0.6) is 0 Å². The number of piperidine rings is 1. The van der Waals surface area contributed by atoms with Crippen molar-refractivity contribution in [3.8, 4) is 0 Å². The Hall–Kier alpha value is -2.99. The van der Waals surface area contributed by atoms with Crippen molar-refractivity contribution in [1.82, 2.24) is 10.3 Å². The molecule has 0 aliphatic carbocycles. The van der Waals surface area contributed by atoms with Gasteiger partial charge in [-0.05, 0) is 30.4 Å². The molecular formula is C22H23FN4O. The van der Waals surface area contributed by atoms with E-state index in [2.05, 4.69) is 10.3 Å². The molecule has 1 aliphatic heterocycles. The van der Waals surface area contributed by atoms with Gasteiger partial charge in [0, 0.05) is 43.0 Å². The number of hydrogen-bond acceptors (Lipinski definition) is 4. The average molecular weight is 378 g/mol. The van der Waals surface area contributed by atoms with Crippen LogP contribution in [0.2, 0.25) is 0 Å². The van der Waals surface area contributed by atoms with Crippen LogP contribution in [0.15, 0.2) is 54.9 Å². The van der Waals surface area contributed by atoms with E-state index in [4.69, 9.17) is 5.73 Å². The number of nitrogens with zero attached hydrogens (tertiary/aromatic N) is 2. The largest absolute Gasteiger partial charge is 0.367 e. The Morgan fingerprint density at radius 1 is 1.21 bits per heavy atom. The van der Waals surface area contributed by atoms with Gasteiger partial charge in [0.2, 0.25) is 0 Å². The molecule has 1 saturated heterocycles. The van der Waals surface area contributed by atoms with E-state index in [0.29, 0.717) is 30.8 Å². The predicted octanol–water partition coefficient (Wildman–Crippen LogP) is 3.02. The average Bonchev–Trinajstić information content (AvgIpc) is 2.69. The summed E-state index contributed by atoms with van der Waals surface area (Å²) >= 11 is 0. The molecule has 2 aromatic carbocycles. The lowest BCUT2D eigenvalue weighted by Crippen LogP contribution is -2.58. The van der Waals surface area contributed by atoms with Crippen LogP contribution >= 0.6 is 0 Å². The molecule has 2 heterocycles. The first-order valence-corrected chi connectivity index (χ1v) is 9.44. The topological polar surface area (TPSA) is 71.2 Å².